The molecule has 9 heteroatoms. The third-order valence-corrected chi connectivity index (χ3v) is 3.14. The van der Waals surface area contributed by atoms with Crippen LogP contribution < -0.4 is 5.73 Å². The number of halogens is 4. The van der Waals surface area contributed by atoms with Crippen LogP contribution in [0.1, 0.15) is 11.4 Å². The van der Waals surface area contributed by atoms with E-state index in [1.807, 2.05) is 0 Å². The molecule has 2 aromatic heterocycles. The predicted octanol–water partition coefficient (Wildman–Crippen LogP) is 1.92. The maximum absolute atomic E-state index is 12.8. The molecule has 0 saturated carbocycles. The Bertz CT molecular complexity index is 609. The lowest BCUT2D eigenvalue weighted by molar-refractivity contribution is -0.137. The summed E-state index contributed by atoms with van der Waals surface area (Å²) in [6.07, 6.45) is -3.69. The van der Waals surface area contributed by atoms with E-state index >= 15 is 0 Å². The zero-order chi connectivity index (χ0) is 14.9. The third-order valence-electron chi connectivity index (χ3n) is 2.86. The van der Waals surface area contributed by atoms with Crippen molar-refractivity contribution < 1.29 is 17.9 Å². The summed E-state index contributed by atoms with van der Waals surface area (Å²) in [6, 6.07) is 0.825. The van der Waals surface area contributed by atoms with E-state index in [0.717, 1.165) is 12.3 Å². The second-order valence-electron chi connectivity index (χ2n) is 4.18. The minimum atomic E-state index is -4.49. The average Bonchev–Trinajstić information content (AvgIpc) is 2.78. The summed E-state index contributed by atoms with van der Waals surface area (Å²) in [5.74, 6) is 0.310. The molecule has 0 fully saturated rings. The van der Waals surface area contributed by atoms with Gasteiger partial charge in [0.15, 0.2) is 5.65 Å². The van der Waals surface area contributed by atoms with Gasteiger partial charge in [0, 0.05) is 26.3 Å². The van der Waals surface area contributed by atoms with Crippen LogP contribution in [0.5, 0.6) is 0 Å². The van der Waals surface area contributed by atoms with Gasteiger partial charge in [-0.2, -0.15) is 13.2 Å². The van der Waals surface area contributed by atoms with Crippen molar-refractivity contribution in [3.63, 3.8) is 0 Å². The summed E-state index contributed by atoms with van der Waals surface area (Å²) in [5, 5.41) is 7.51. The van der Waals surface area contributed by atoms with Crippen LogP contribution in [0.15, 0.2) is 12.3 Å². The van der Waals surface area contributed by atoms with Crippen molar-refractivity contribution >= 4 is 17.2 Å². The number of nitrogens with two attached hydrogens (primary N) is 1. The van der Waals surface area contributed by atoms with E-state index in [9.17, 15) is 13.2 Å². The Morgan fingerprint density at radius 1 is 1.45 bits per heavy atom. The van der Waals surface area contributed by atoms with Gasteiger partial charge in [-0.3, -0.25) is 4.40 Å². The molecule has 0 aliphatic heterocycles. The second-order valence-corrected chi connectivity index (χ2v) is 4.59. The Hall–Kier alpha value is -1.38. The lowest BCUT2D eigenvalue weighted by Gasteiger charge is -2.12. The normalized spacial score (nSPS) is 13.9. The smallest absolute Gasteiger partial charge is 0.380 e. The van der Waals surface area contributed by atoms with Crippen molar-refractivity contribution in [3.8, 4) is 0 Å². The van der Waals surface area contributed by atoms with E-state index in [2.05, 4.69) is 10.2 Å². The largest absolute Gasteiger partial charge is 0.417 e. The summed E-state index contributed by atoms with van der Waals surface area (Å²) < 4.78 is 44.6. The summed E-state index contributed by atoms with van der Waals surface area (Å²) in [4.78, 5) is 0. The first-order valence-corrected chi connectivity index (χ1v) is 6.07. The number of hydrogen-bond donors (Lipinski definition) is 1. The Morgan fingerprint density at radius 2 is 2.15 bits per heavy atom. The molecule has 2 N–H and O–H groups in total. The lowest BCUT2D eigenvalue weighted by Crippen LogP contribution is -2.25. The van der Waals surface area contributed by atoms with E-state index in [4.69, 9.17) is 22.1 Å². The van der Waals surface area contributed by atoms with Crippen LogP contribution in [0, 0.1) is 0 Å². The number of pyridine rings is 1. The van der Waals surface area contributed by atoms with Crippen molar-refractivity contribution in [1.82, 2.24) is 14.6 Å². The third kappa shape index (κ3) is 2.87. The van der Waals surface area contributed by atoms with Crippen LogP contribution in [0.3, 0.4) is 0 Å². The first-order valence-electron chi connectivity index (χ1n) is 5.70. The van der Waals surface area contributed by atoms with Crippen molar-refractivity contribution in [2.24, 2.45) is 5.73 Å². The predicted molar refractivity (Wildman–Crippen MR) is 66.6 cm³/mol. The van der Waals surface area contributed by atoms with E-state index in [1.54, 1.807) is 0 Å². The highest BCUT2D eigenvalue weighted by Crippen LogP contribution is 2.32. The quantitative estimate of drug-likeness (QED) is 0.937. The molecule has 2 rings (SSSR count). The molecule has 0 spiro atoms. The molecular formula is C11H12ClF3N4O. The van der Waals surface area contributed by atoms with Crippen LogP contribution in [0.25, 0.3) is 5.65 Å². The molecule has 0 aromatic carbocycles. The average molecular weight is 309 g/mol. The van der Waals surface area contributed by atoms with Gasteiger partial charge in [0.1, 0.15) is 5.82 Å². The van der Waals surface area contributed by atoms with Crippen molar-refractivity contribution in [3.05, 3.63) is 28.7 Å². The van der Waals surface area contributed by atoms with Gasteiger partial charge in [0.25, 0.3) is 0 Å². The molecule has 0 bridgehead atoms. The van der Waals surface area contributed by atoms with E-state index in [-0.39, 0.29) is 29.7 Å². The number of methoxy groups -OCH3 is 1. The Balaban J connectivity index is 2.50. The molecule has 2 heterocycles. The van der Waals surface area contributed by atoms with Gasteiger partial charge in [-0.1, -0.05) is 11.6 Å². The van der Waals surface area contributed by atoms with E-state index < -0.39 is 11.7 Å². The molecule has 20 heavy (non-hydrogen) atoms. The molecule has 2 aromatic rings. The molecule has 0 saturated heterocycles. The van der Waals surface area contributed by atoms with Crippen LogP contribution in [0.4, 0.5) is 13.2 Å². The fourth-order valence-corrected chi connectivity index (χ4v) is 2.01. The summed E-state index contributed by atoms with van der Waals surface area (Å²) in [5.41, 5.74) is 4.79. The van der Waals surface area contributed by atoms with Crippen molar-refractivity contribution in [2.45, 2.75) is 18.7 Å². The first kappa shape index (κ1) is 15.0. The molecule has 0 radical (unpaired) electrons. The topological polar surface area (TPSA) is 65.4 Å². The van der Waals surface area contributed by atoms with Gasteiger partial charge in [0.2, 0.25) is 0 Å². The summed E-state index contributed by atoms with van der Waals surface area (Å²) >= 11 is 5.81. The number of aromatic nitrogens is 3. The zero-order valence-corrected chi connectivity index (χ0v) is 11.2. The maximum atomic E-state index is 12.8. The molecule has 5 nitrogen and oxygen atoms in total. The standard InChI is InChI=1S/C11H12ClF3N4O/c1-20-7(4-16)3-9-17-18-10-8(12)2-6(5-19(9)10)11(13,14)15/h2,5,7H,3-4,16H2,1H3. The SMILES string of the molecule is COC(CN)Cc1nnc2c(Cl)cc(C(F)(F)F)cn12. The fraction of sp³-hybridized carbons (Fsp3) is 0.455. The molecule has 0 amide bonds. The highest BCUT2D eigenvalue weighted by atomic mass is 35.5. The number of ether oxygens (including phenoxy) is 1. The van der Waals surface area contributed by atoms with Crippen molar-refractivity contribution in [2.75, 3.05) is 13.7 Å². The van der Waals surface area contributed by atoms with E-state index in [0.29, 0.717) is 5.82 Å². The molecule has 0 aliphatic carbocycles. The number of fused-ring (bicyclic) bond motifs is 1. The second kappa shape index (κ2) is 5.55. The monoisotopic (exact) mass is 308 g/mol. The van der Waals surface area contributed by atoms with Gasteiger partial charge in [-0.15, -0.1) is 10.2 Å². The van der Waals surface area contributed by atoms with Crippen LogP contribution >= 0.6 is 11.6 Å². The number of nitrogens with zero attached hydrogens (tertiary/aromatic N) is 3. The Morgan fingerprint density at radius 3 is 2.70 bits per heavy atom. The Labute approximate surface area is 117 Å². The van der Waals surface area contributed by atoms with Crippen molar-refractivity contribution in [1.29, 1.82) is 0 Å². The molecule has 1 unspecified atom stereocenters. The number of rotatable bonds is 4. The zero-order valence-electron chi connectivity index (χ0n) is 10.5. The number of alkyl halides is 3. The first-order chi connectivity index (χ1) is 9.36. The number of hydrogen-bond acceptors (Lipinski definition) is 4. The summed E-state index contributed by atoms with van der Waals surface area (Å²) in [7, 11) is 1.47. The molecular weight excluding hydrogens is 297 g/mol. The highest BCUT2D eigenvalue weighted by Gasteiger charge is 2.32. The van der Waals surface area contributed by atoms with Gasteiger partial charge in [-0.05, 0) is 6.07 Å². The van der Waals surface area contributed by atoms with Gasteiger partial charge in [0.05, 0.1) is 16.7 Å². The minimum absolute atomic E-state index is 0.111. The maximum Gasteiger partial charge on any atom is 0.417 e. The fourth-order valence-electron chi connectivity index (χ4n) is 1.76. The van der Waals surface area contributed by atoms with E-state index in [1.165, 1.54) is 11.5 Å². The van der Waals surface area contributed by atoms with Crippen LogP contribution in [-0.4, -0.2) is 34.4 Å². The van der Waals surface area contributed by atoms with Gasteiger partial charge >= 0.3 is 6.18 Å². The Kier molecular flexibility index (Phi) is 4.17. The van der Waals surface area contributed by atoms with Gasteiger partial charge in [-0.25, -0.2) is 0 Å². The molecule has 110 valence electrons. The highest BCUT2D eigenvalue weighted by molar-refractivity contribution is 6.33. The lowest BCUT2D eigenvalue weighted by atomic mass is 10.2. The molecule has 0 aliphatic rings. The van der Waals surface area contributed by atoms with Gasteiger partial charge < -0.3 is 10.5 Å². The van der Waals surface area contributed by atoms with Crippen LogP contribution in [-0.2, 0) is 17.3 Å². The van der Waals surface area contributed by atoms with Crippen LogP contribution in [0.2, 0.25) is 5.02 Å². The minimum Gasteiger partial charge on any atom is -0.380 e. The molecule has 1 atom stereocenters. The summed E-state index contributed by atoms with van der Waals surface area (Å²) in [6.45, 7) is 0.220.